The van der Waals surface area contributed by atoms with Crippen molar-refractivity contribution in [1.82, 2.24) is 0 Å². The van der Waals surface area contributed by atoms with Gasteiger partial charge in [0.05, 0.1) is 31.5 Å². The third kappa shape index (κ3) is 14.3. The average molecular weight is 793 g/mol. The highest BCUT2D eigenvalue weighted by molar-refractivity contribution is 6.99. The average Bonchev–Trinajstić information content (AvgIpc) is 3.20. The minimum absolute atomic E-state index is 0.0650. The van der Waals surface area contributed by atoms with Crippen molar-refractivity contribution >= 4 is 30.7 Å². The van der Waals surface area contributed by atoms with E-state index >= 15 is 0 Å². The van der Waals surface area contributed by atoms with Gasteiger partial charge >= 0.3 is 5.97 Å². The first-order valence-corrected chi connectivity index (χ1v) is 22.1. The summed E-state index contributed by atoms with van der Waals surface area (Å²) in [6.45, 7) is 13.5. The molecule has 0 radical (unpaired) electrons. The van der Waals surface area contributed by atoms with Crippen molar-refractivity contribution in [2.75, 3.05) is 21.0 Å². The number of benzene rings is 3. The van der Waals surface area contributed by atoms with Crippen LogP contribution in [0.4, 0.5) is 0 Å². The van der Waals surface area contributed by atoms with E-state index in [0.29, 0.717) is 25.2 Å². The zero-order valence-corrected chi connectivity index (χ0v) is 35.8. The fourth-order valence-corrected chi connectivity index (χ4v) is 12.3. The molecule has 1 aliphatic heterocycles. The molecule has 0 spiro atoms. The number of esters is 1. The van der Waals surface area contributed by atoms with Gasteiger partial charge in [0.25, 0.3) is 8.32 Å². The highest BCUT2D eigenvalue weighted by atomic mass is 28.4. The van der Waals surface area contributed by atoms with Crippen LogP contribution in [0.15, 0.2) is 146 Å². The summed E-state index contributed by atoms with van der Waals surface area (Å²) in [6, 6.07) is 31.4. The van der Waals surface area contributed by atoms with Gasteiger partial charge in [-0.1, -0.05) is 173 Å². The first kappa shape index (κ1) is 45.5. The van der Waals surface area contributed by atoms with Crippen LogP contribution in [-0.4, -0.2) is 70.9 Å². The van der Waals surface area contributed by atoms with E-state index in [-0.39, 0.29) is 30.0 Å². The molecule has 4 rings (SSSR count). The summed E-state index contributed by atoms with van der Waals surface area (Å²) in [4.78, 5) is 11.4. The number of rotatable bonds is 22. The lowest BCUT2D eigenvalue weighted by molar-refractivity contribution is -0.134. The maximum Gasteiger partial charge on any atom is 0.330 e. The molecule has 306 valence electrons. The number of ether oxygens (including phenoxy) is 4. The van der Waals surface area contributed by atoms with Gasteiger partial charge in [-0.2, -0.15) is 0 Å². The van der Waals surface area contributed by atoms with Crippen LogP contribution in [0.25, 0.3) is 6.08 Å². The third-order valence-corrected chi connectivity index (χ3v) is 15.3. The van der Waals surface area contributed by atoms with E-state index in [2.05, 4.69) is 124 Å². The van der Waals surface area contributed by atoms with E-state index in [1.54, 1.807) is 13.2 Å². The van der Waals surface area contributed by atoms with Gasteiger partial charge in [-0.25, -0.2) is 4.79 Å². The van der Waals surface area contributed by atoms with Crippen LogP contribution in [-0.2, 0) is 28.2 Å². The van der Waals surface area contributed by atoms with Gasteiger partial charge in [-0.05, 0) is 65.4 Å². The molecule has 1 aliphatic rings. The van der Waals surface area contributed by atoms with E-state index in [1.807, 2.05) is 42.5 Å². The summed E-state index contributed by atoms with van der Waals surface area (Å²) >= 11 is 0. The second kappa shape index (κ2) is 23.3. The molecule has 1 heterocycles. The molecule has 6 atom stereocenters. The van der Waals surface area contributed by atoms with Crippen LogP contribution in [0, 0.1) is 5.92 Å². The quantitative estimate of drug-likeness (QED) is 0.0358. The number of carbonyl (C=O) groups is 1. The SMILES string of the molecule is C=C(C[C@H](C)C[C@@H]1CC=C[C@@H](C/C=C\C(=O)OC)O1)C[C@H](O)/C=C/C[C@H](O[Si](c1ccccc1)(c1ccccc1)C(C)(C)C)[C@H](/C=C/c1ccccc1)OCOC. The van der Waals surface area contributed by atoms with Crippen molar-refractivity contribution in [2.45, 2.75) is 102 Å². The molecule has 3 aromatic rings. The van der Waals surface area contributed by atoms with Gasteiger partial charge in [0.2, 0.25) is 0 Å². The Balaban J connectivity index is 1.51. The standard InChI is InChI=1S/C49H64O7Si/c1-38(34-39(2)36-43-25-18-23-42(55-43)24-19-31-48(51)53-7)35-41(50)22-17-30-47(46(54-37-52-6)33-32-40-20-11-8-12-21-40)56-57(49(3,4)5,44-26-13-9-14-27-44)45-28-15-10-16-29-45/h8-23,26-29,31-33,39,41-43,46-47,50H,1,24-25,30,34-37H2,2-7H3/b22-17+,31-19-,33-32+/t39-,41+,42-,43-,46-,47-/m0/s1. The zero-order valence-electron chi connectivity index (χ0n) is 34.8. The van der Waals surface area contributed by atoms with Crippen molar-refractivity contribution in [1.29, 1.82) is 0 Å². The van der Waals surface area contributed by atoms with Crippen LogP contribution in [0.1, 0.15) is 71.8 Å². The molecular formula is C49H64O7Si. The van der Waals surface area contributed by atoms with Crippen molar-refractivity contribution in [3.05, 3.63) is 151 Å². The number of hydrogen-bond donors (Lipinski definition) is 1. The van der Waals surface area contributed by atoms with Crippen LogP contribution in [0.3, 0.4) is 0 Å². The lowest BCUT2D eigenvalue weighted by atomic mass is 9.91. The second-order valence-corrected chi connectivity index (χ2v) is 20.2. The fraction of sp³-hybridized carbons (Fsp3) is 0.408. The zero-order chi connectivity index (χ0) is 41.1. The molecule has 0 unspecified atom stereocenters. The van der Waals surface area contributed by atoms with E-state index in [4.69, 9.17) is 18.6 Å². The molecule has 7 nitrogen and oxygen atoms in total. The van der Waals surface area contributed by atoms with Crippen LogP contribution in [0.2, 0.25) is 5.04 Å². The number of methoxy groups -OCH3 is 2. The van der Waals surface area contributed by atoms with Gasteiger partial charge in [0.1, 0.15) is 12.9 Å². The Bertz CT molecular complexity index is 1710. The molecular weight excluding hydrogens is 729 g/mol. The maximum atomic E-state index is 11.4. The topological polar surface area (TPSA) is 83.5 Å². The van der Waals surface area contributed by atoms with Gasteiger partial charge in [0.15, 0.2) is 0 Å². The molecule has 0 bridgehead atoms. The van der Waals surface area contributed by atoms with E-state index in [9.17, 15) is 9.90 Å². The Morgan fingerprint density at radius 1 is 0.930 bits per heavy atom. The summed E-state index contributed by atoms with van der Waals surface area (Å²) in [7, 11) is 0.0163. The van der Waals surface area contributed by atoms with Crippen LogP contribution < -0.4 is 10.4 Å². The van der Waals surface area contributed by atoms with Crippen molar-refractivity contribution in [2.24, 2.45) is 5.92 Å². The van der Waals surface area contributed by atoms with Crippen LogP contribution in [0.5, 0.6) is 0 Å². The summed E-state index contributed by atoms with van der Waals surface area (Å²) in [6.07, 6.45) is 18.1. The normalized spacial score (nSPS) is 18.5. The smallest absolute Gasteiger partial charge is 0.330 e. The molecule has 8 heteroatoms. The molecule has 0 fully saturated rings. The first-order valence-electron chi connectivity index (χ1n) is 20.2. The molecule has 0 saturated carbocycles. The van der Waals surface area contributed by atoms with Crippen molar-refractivity contribution in [3.8, 4) is 0 Å². The van der Waals surface area contributed by atoms with Gasteiger partial charge in [0, 0.05) is 13.2 Å². The van der Waals surface area contributed by atoms with Crippen LogP contribution >= 0.6 is 0 Å². The molecule has 3 aromatic carbocycles. The Labute approximate surface area is 342 Å². The van der Waals surface area contributed by atoms with Crippen molar-refractivity contribution < 1.29 is 33.3 Å². The number of hydrogen-bond acceptors (Lipinski definition) is 7. The highest BCUT2D eigenvalue weighted by Gasteiger charge is 2.52. The molecule has 0 aromatic heterocycles. The fourth-order valence-electron chi connectivity index (χ4n) is 7.60. The van der Waals surface area contributed by atoms with E-state index in [1.165, 1.54) is 23.6 Å². The van der Waals surface area contributed by atoms with Gasteiger partial charge < -0.3 is 28.5 Å². The first-order chi connectivity index (χ1) is 27.4. The Kier molecular flexibility index (Phi) is 18.6. The predicted molar refractivity (Wildman–Crippen MR) is 235 cm³/mol. The van der Waals surface area contributed by atoms with E-state index in [0.717, 1.165) is 30.4 Å². The maximum absolute atomic E-state index is 11.4. The molecule has 57 heavy (non-hydrogen) atoms. The predicted octanol–water partition coefficient (Wildman–Crippen LogP) is 9.14. The van der Waals surface area contributed by atoms with Gasteiger partial charge in [-0.15, -0.1) is 0 Å². The number of aliphatic hydroxyl groups is 1. The molecule has 0 amide bonds. The summed E-state index contributed by atoms with van der Waals surface area (Å²) in [5.74, 6) is -0.0361. The summed E-state index contributed by atoms with van der Waals surface area (Å²) < 4.78 is 30.5. The highest BCUT2D eigenvalue weighted by Crippen LogP contribution is 2.39. The molecule has 1 N–H and O–H groups in total. The van der Waals surface area contributed by atoms with Gasteiger partial charge in [-0.3, -0.25) is 0 Å². The lowest BCUT2D eigenvalue weighted by Crippen LogP contribution is -2.68. The number of carbonyl (C=O) groups excluding carboxylic acids is 1. The van der Waals surface area contributed by atoms with Crippen molar-refractivity contribution in [3.63, 3.8) is 0 Å². The number of aliphatic hydroxyl groups excluding tert-OH is 1. The summed E-state index contributed by atoms with van der Waals surface area (Å²) in [5.41, 5.74) is 2.06. The third-order valence-electron chi connectivity index (χ3n) is 10.2. The molecule has 0 saturated heterocycles. The largest absolute Gasteiger partial charge is 0.466 e. The lowest BCUT2D eigenvalue weighted by Gasteiger charge is -2.46. The minimum Gasteiger partial charge on any atom is -0.466 e. The Morgan fingerprint density at radius 2 is 1.56 bits per heavy atom. The Morgan fingerprint density at radius 3 is 2.16 bits per heavy atom. The minimum atomic E-state index is -2.98. The monoisotopic (exact) mass is 792 g/mol. The molecule has 0 aliphatic carbocycles. The summed E-state index contributed by atoms with van der Waals surface area (Å²) in [5, 5.41) is 13.4. The Hall–Kier alpha value is -4.15. The second-order valence-electron chi connectivity index (χ2n) is 16.0. The van der Waals surface area contributed by atoms with E-state index < -0.39 is 26.6 Å².